The summed E-state index contributed by atoms with van der Waals surface area (Å²) in [5.74, 6) is -0.990. The van der Waals surface area contributed by atoms with Crippen molar-refractivity contribution < 1.29 is 14.7 Å². The first kappa shape index (κ1) is 13.6. The third kappa shape index (κ3) is 3.13. The van der Waals surface area contributed by atoms with Gasteiger partial charge in [0.25, 0.3) is 0 Å². The van der Waals surface area contributed by atoms with E-state index in [1.165, 1.54) is 12.5 Å². The molecule has 1 aromatic carbocycles. The van der Waals surface area contributed by atoms with Crippen LogP contribution in [0.4, 0.5) is 0 Å². The van der Waals surface area contributed by atoms with Gasteiger partial charge < -0.3 is 10.4 Å². The highest BCUT2D eigenvalue weighted by Gasteiger charge is 2.36. The van der Waals surface area contributed by atoms with Crippen LogP contribution in [-0.2, 0) is 11.2 Å². The number of aromatic carboxylic acids is 1. The molecule has 1 amide bonds. The molecule has 1 saturated carbocycles. The first-order valence-corrected chi connectivity index (χ1v) is 6.68. The maximum absolute atomic E-state index is 12.0. The van der Waals surface area contributed by atoms with E-state index < -0.39 is 5.97 Å². The number of carbonyl (C=O) groups excluding carboxylic acids is 1. The number of nitrogens with one attached hydrogen (secondary N) is 1. The van der Waals surface area contributed by atoms with Crippen molar-refractivity contribution >= 4 is 11.9 Å². The topological polar surface area (TPSA) is 66.4 Å². The van der Waals surface area contributed by atoms with Crippen molar-refractivity contribution in [1.29, 1.82) is 0 Å². The number of carboxylic acid groups (broad SMARTS) is 1. The molecule has 0 aromatic heterocycles. The van der Waals surface area contributed by atoms with Gasteiger partial charge in [-0.25, -0.2) is 4.79 Å². The first-order chi connectivity index (χ1) is 9.04. The second kappa shape index (κ2) is 5.43. The molecule has 2 N–H and O–H groups in total. The molecule has 4 nitrogen and oxygen atoms in total. The fourth-order valence-electron chi connectivity index (χ4n) is 2.51. The second-order valence-corrected chi connectivity index (χ2v) is 5.22. The third-order valence-electron chi connectivity index (χ3n) is 3.93. The summed E-state index contributed by atoms with van der Waals surface area (Å²) in [6, 6.07) is 6.54. The fourth-order valence-corrected chi connectivity index (χ4v) is 2.51. The van der Waals surface area contributed by atoms with Gasteiger partial charge in [-0.1, -0.05) is 19.1 Å². The molecule has 0 heterocycles. The number of amides is 1. The minimum atomic E-state index is -0.966. The molecule has 1 aliphatic carbocycles. The van der Waals surface area contributed by atoms with Gasteiger partial charge in [0.1, 0.15) is 0 Å². The van der Waals surface area contributed by atoms with E-state index in [1.54, 1.807) is 18.2 Å². The van der Waals surface area contributed by atoms with Crippen molar-refractivity contribution in [3.63, 3.8) is 0 Å². The molecule has 19 heavy (non-hydrogen) atoms. The Balaban J connectivity index is 1.99. The molecule has 0 radical (unpaired) electrons. The fraction of sp³-hybridized carbons (Fsp3) is 0.467. The number of hydrogen-bond donors (Lipinski definition) is 2. The average molecular weight is 261 g/mol. The van der Waals surface area contributed by atoms with Crippen LogP contribution in [0.15, 0.2) is 24.3 Å². The quantitative estimate of drug-likeness (QED) is 0.855. The second-order valence-electron chi connectivity index (χ2n) is 5.22. The molecular formula is C15H19NO3. The lowest BCUT2D eigenvalue weighted by Gasteiger charge is -2.42. The van der Waals surface area contributed by atoms with Crippen LogP contribution in [-0.4, -0.2) is 22.5 Å². The molecule has 4 heteroatoms. The summed E-state index contributed by atoms with van der Waals surface area (Å²) in [5.41, 5.74) is 0.948. The molecule has 0 aliphatic heterocycles. The molecule has 2 rings (SSSR count). The summed E-state index contributed by atoms with van der Waals surface area (Å²) in [6.07, 6.45) is 4.45. The van der Waals surface area contributed by atoms with Crippen LogP contribution >= 0.6 is 0 Å². The zero-order valence-electron chi connectivity index (χ0n) is 11.1. The van der Waals surface area contributed by atoms with Crippen LogP contribution in [0, 0.1) is 0 Å². The van der Waals surface area contributed by atoms with Crippen LogP contribution < -0.4 is 5.32 Å². The van der Waals surface area contributed by atoms with Gasteiger partial charge in [0.2, 0.25) is 5.91 Å². The summed E-state index contributed by atoms with van der Waals surface area (Å²) < 4.78 is 0. The molecule has 0 spiro atoms. The first-order valence-electron chi connectivity index (χ1n) is 6.68. The monoisotopic (exact) mass is 261 g/mol. The lowest BCUT2D eigenvalue weighted by Crippen LogP contribution is -2.53. The van der Waals surface area contributed by atoms with Crippen molar-refractivity contribution in [3.05, 3.63) is 35.4 Å². The van der Waals surface area contributed by atoms with Gasteiger partial charge in [-0.05, 0) is 43.4 Å². The average Bonchev–Trinajstić information content (AvgIpc) is 2.34. The minimum Gasteiger partial charge on any atom is -0.478 e. The van der Waals surface area contributed by atoms with Crippen molar-refractivity contribution in [3.8, 4) is 0 Å². The van der Waals surface area contributed by atoms with E-state index in [4.69, 9.17) is 5.11 Å². The largest absolute Gasteiger partial charge is 0.478 e. The molecule has 0 saturated heterocycles. The standard InChI is InChI=1S/C15H19NO3/c1-2-15(7-4-8-15)16-13(17)10-11-5-3-6-12(9-11)14(18)19/h3,5-6,9H,2,4,7-8,10H2,1H3,(H,16,17)(H,18,19). The Bertz CT molecular complexity index is 486. The van der Waals surface area contributed by atoms with Gasteiger partial charge >= 0.3 is 5.97 Å². The van der Waals surface area contributed by atoms with Gasteiger partial charge in [0, 0.05) is 5.54 Å². The molecule has 0 unspecified atom stereocenters. The number of rotatable bonds is 5. The van der Waals surface area contributed by atoms with Gasteiger partial charge in [-0.15, -0.1) is 0 Å². The Morgan fingerprint density at radius 3 is 2.63 bits per heavy atom. The zero-order chi connectivity index (χ0) is 13.9. The van der Waals surface area contributed by atoms with Crippen LogP contribution in [0.5, 0.6) is 0 Å². The molecule has 0 atom stereocenters. The van der Waals surface area contributed by atoms with Crippen LogP contribution in [0.2, 0.25) is 0 Å². The minimum absolute atomic E-state index is 0.0124. The number of carboxylic acids is 1. The normalized spacial score (nSPS) is 16.5. The maximum Gasteiger partial charge on any atom is 0.335 e. The van der Waals surface area contributed by atoms with E-state index in [9.17, 15) is 9.59 Å². The van der Waals surface area contributed by atoms with E-state index in [1.807, 2.05) is 0 Å². The highest BCUT2D eigenvalue weighted by molar-refractivity contribution is 5.88. The molecule has 1 aliphatic rings. The maximum atomic E-state index is 12.0. The summed E-state index contributed by atoms with van der Waals surface area (Å²) >= 11 is 0. The number of hydrogen-bond acceptors (Lipinski definition) is 2. The van der Waals surface area contributed by atoms with Crippen LogP contribution in [0.3, 0.4) is 0 Å². The molecule has 1 fully saturated rings. The van der Waals surface area contributed by atoms with E-state index in [0.29, 0.717) is 0 Å². The Morgan fingerprint density at radius 1 is 1.37 bits per heavy atom. The van der Waals surface area contributed by atoms with Crippen molar-refractivity contribution in [2.75, 3.05) is 0 Å². The molecule has 1 aromatic rings. The predicted molar refractivity (Wildman–Crippen MR) is 72.1 cm³/mol. The number of carbonyl (C=O) groups is 2. The van der Waals surface area contributed by atoms with E-state index in [2.05, 4.69) is 12.2 Å². The zero-order valence-corrected chi connectivity index (χ0v) is 11.1. The Kier molecular flexibility index (Phi) is 3.88. The van der Waals surface area contributed by atoms with Gasteiger partial charge in [-0.2, -0.15) is 0 Å². The highest BCUT2D eigenvalue weighted by Crippen LogP contribution is 2.34. The van der Waals surface area contributed by atoms with E-state index in [0.717, 1.165) is 24.8 Å². The Morgan fingerprint density at radius 2 is 2.11 bits per heavy atom. The lowest BCUT2D eigenvalue weighted by molar-refractivity contribution is -0.123. The molecule has 0 bridgehead atoms. The lowest BCUT2D eigenvalue weighted by atomic mass is 9.75. The van der Waals surface area contributed by atoms with Crippen molar-refractivity contribution in [1.82, 2.24) is 5.32 Å². The summed E-state index contributed by atoms with van der Waals surface area (Å²) in [7, 11) is 0. The Labute approximate surface area is 112 Å². The van der Waals surface area contributed by atoms with Crippen LogP contribution in [0.1, 0.15) is 48.5 Å². The van der Waals surface area contributed by atoms with Gasteiger partial charge in [0.15, 0.2) is 0 Å². The highest BCUT2D eigenvalue weighted by atomic mass is 16.4. The van der Waals surface area contributed by atoms with Crippen molar-refractivity contribution in [2.24, 2.45) is 0 Å². The van der Waals surface area contributed by atoms with E-state index in [-0.39, 0.29) is 23.4 Å². The summed E-state index contributed by atoms with van der Waals surface area (Å²) in [4.78, 5) is 22.9. The van der Waals surface area contributed by atoms with Crippen LogP contribution in [0.25, 0.3) is 0 Å². The van der Waals surface area contributed by atoms with Gasteiger partial charge in [-0.3, -0.25) is 4.79 Å². The SMILES string of the molecule is CCC1(NC(=O)Cc2cccc(C(=O)O)c2)CCC1. The predicted octanol–water partition coefficient (Wildman–Crippen LogP) is 2.38. The summed E-state index contributed by atoms with van der Waals surface area (Å²) in [6.45, 7) is 2.09. The molecular weight excluding hydrogens is 242 g/mol. The van der Waals surface area contributed by atoms with Gasteiger partial charge in [0.05, 0.1) is 12.0 Å². The van der Waals surface area contributed by atoms with E-state index >= 15 is 0 Å². The smallest absolute Gasteiger partial charge is 0.335 e. The Hall–Kier alpha value is -1.84. The number of benzene rings is 1. The summed E-state index contributed by atoms with van der Waals surface area (Å²) in [5, 5.41) is 12.0. The van der Waals surface area contributed by atoms with Crippen molar-refractivity contribution in [2.45, 2.75) is 44.6 Å². The third-order valence-corrected chi connectivity index (χ3v) is 3.93. The molecule has 102 valence electrons.